The summed E-state index contributed by atoms with van der Waals surface area (Å²) in [6.45, 7) is 6.80. The lowest BCUT2D eigenvalue weighted by molar-refractivity contribution is 0.0938. The number of aryl methyl sites for hydroxylation is 1. The number of benzene rings is 2. The normalized spacial score (nSPS) is 17.4. The van der Waals surface area contributed by atoms with E-state index in [4.69, 9.17) is 9.40 Å². The number of aromatic nitrogens is 1. The second-order valence-corrected chi connectivity index (χ2v) is 9.15. The quantitative estimate of drug-likeness (QED) is 0.600. The molecule has 0 radical (unpaired) electrons. The molecule has 0 atom stereocenters. The molecule has 1 aromatic heterocycles. The molecule has 2 aromatic carbocycles. The van der Waals surface area contributed by atoms with Gasteiger partial charge in [0.2, 0.25) is 5.89 Å². The summed E-state index contributed by atoms with van der Waals surface area (Å²) in [6.07, 6.45) is 4.59. The highest BCUT2D eigenvalue weighted by molar-refractivity contribution is 5.94. The number of piperazine rings is 1. The Morgan fingerprint density at radius 2 is 1.70 bits per heavy atom. The molecule has 2 heterocycles. The number of carbonyl (C=O) groups excluding carboxylic acids is 1. The van der Waals surface area contributed by atoms with Gasteiger partial charge in [-0.25, -0.2) is 4.98 Å². The third-order valence-electron chi connectivity index (χ3n) is 6.84. The van der Waals surface area contributed by atoms with E-state index in [0.717, 1.165) is 62.6 Å². The van der Waals surface area contributed by atoms with Crippen molar-refractivity contribution in [2.45, 2.75) is 45.2 Å². The Bertz CT molecular complexity index is 1060. The smallest absolute Gasteiger partial charge is 0.251 e. The van der Waals surface area contributed by atoms with Crippen molar-refractivity contribution < 1.29 is 9.21 Å². The van der Waals surface area contributed by atoms with Gasteiger partial charge >= 0.3 is 0 Å². The maximum absolute atomic E-state index is 12.5. The molecule has 6 heteroatoms. The van der Waals surface area contributed by atoms with Crippen LogP contribution in [0.5, 0.6) is 0 Å². The maximum Gasteiger partial charge on any atom is 0.251 e. The highest BCUT2D eigenvalue weighted by Crippen LogP contribution is 2.24. The van der Waals surface area contributed by atoms with Crippen molar-refractivity contribution in [3.05, 3.63) is 71.6 Å². The zero-order chi connectivity index (χ0) is 22.6. The number of oxazole rings is 1. The molecule has 1 saturated carbocycles. The van der Waals surface area contributed by atoms with Crippen LogP contribution in [-0.4, -0.2) is 48.0 Å². The maximum atomic E-state index is 12.5. The first-order chi connectivity index (χ1) is 16.2. The van der Waals surface area contributed by atoms with E-state index in [0.29, 0.717) is 17.5 Å². The number of para-hydroxylation sites is 1. The van der Waals surface area contributed by atoms with E-state index in [1.165, 1.54) is 18.5 Å². The summed E-state index contributed by atoms with van der Waals surface area (Å²) in [6, 6.07) is 18.5. The number of nitrogens with one attached hydrogen (secondary N) is 1. The van der Waals surface area contributed by atoms with Crippen molar-refractivity contribution >= 4 is 11.6 Å². The molecule has 1 aliphatic carbocycles. The molecule has 1 N–H and O–H groups in total. The van der Waals surface area contributed by atoms with Crippen molar-refractivity contribution in [3.8, 4) is 11.5 Å². The number of hydrogen-bond donors (Lipinski definition) is 1. The van der Waals surface area contributed by atoms with Crippen molar-refractivity contribution in [1.82, 2.24) is 15.2 Å². The van der Waals surface area contributed by atoms with Gasteiger partial charge in [0.1, 0.15) is 5.76 Å². The summed E-state index contributed by atoms with van der Waals surface area (Å²) < 4.78 is 5.99. The second-order valence-electron chi connectivity index (χ2n) is 9.15. The number of nitrogens with zero attached hydrogens (tertiary/aromatic N) is 3. The van der Waals surface area contributed by atoms with Gasteiger partial charge in [-0.15, -0.1) is 0 Å². The average molecular weight is 445 g/mol. The molecule has 2 aliphatic rings. The fourth-order valence-corrected chi connectivity index (χ4v) is 4.82. The van der Waals surface area contributed by atoms with Gasteiger partial charge < -0.3 is 14.6 Å². The first kappa shape index (κ1) is 21.7. The van der Waals surface area contributed by atoms with E-state index in [2.05, 4.69) is 45.4 Å². The molecule has 1 amide bonds. The highest BCUT2D eigenvalue weighted by Gasteiger charge is 2.21. The van der Waals surface area contributed by atoms with Crippen molar-refractivity contribution in [1.29, 1.82) is 0 Å². The summed E-state index contributed by atoms with van der Waals surface area (Å²) in [5.41, 5.74) is 3.86. The minimum atomic E-state index is 0.00682. The molecule has 2 fully saturated rings. The Morgan fingerprint density at radius 3 is 2.39 bits per heavy atom. The van der Waals surface area contributed by atoms with Crippen molar-refractivity contribution in [2.75, 3.05) is 31.1 Å². The third kappa shape index (κ3) is 5.11. The van der Waals surface area contributed by atoms with Crippen LogP contribution in [0, 0.1) is 6.92 Å². The Morgan fingerprint density at radius 1 is 1.00 bits per heavy atom. The molecule has 0 spiro atoms. The third-order valence-corrected chi connectivity index (χ3v) is 6.84. The molecule has 1 saturated heterocycles. The summed E-state index contributed by atoms with van der Waals surface area (Å²) >= 11 is 0. The van der Waals surface area contributed by atoms with Crippen LogP contribution < -0.4 is 10.2 Å². The molecule has 172 valence electrons. The number of anilines is 1. The average Bonchev–Trinajstić information content (AvgIpc) is 3.50. The fourth-order valence-electron chi connectivity index (χ4n) is 4.82. The van der Waals surface area contributed by atoms with Gasteiger partial charge in [0.15, 0.2) is 0 Å². The van der Waals surface area contributed by atoms with E-state index in [1.807, 2.05) is 31.2 Å². The van der Waals surface area contributed by atoms with E-state index in [1.54, 1.807) is 0 Å². The summed E-state index contributed by atoms with van der Waals surface area (Å²) in [7, 11) is 0. The van der Waals surface area contributed by atoms with Crippen LogP contribution in [0.4, 0.5) is 5.69 Å². The number of carbonyl (C=O) groups is 1. The van der Waals surface area contributed by atoms with Crippen LogP contribution in [0.2, 0.25) is 0 Å². The van der Waals surface area contributed by atoms with E-state index >= 15 is 0 Å². The molecule has 5 rings (SSSR count). The topological polar surface area (TPSA) is 61.6 Å². The number of hydrogen-bond acceptors (Lipinski definition) is 5. The van der Waals surface area contributed by atoms with Crippen LogP contribution in [0.25, 0.3) is 11.5 Å². The van der Waals surface area contributed by atoms with E-state index in [-0.39, 0.29) is 5.91 Å². The number of rotatable bonds is 6. The zero-order valence-electron chi connectivity index (χ0n) is 19.3. The molecular weight excluding hydrogens is 412 g/mol. The SMILES string of the molecule is Cc1oc(-c2ccc(C(=O)NC3CCCC3)cc2)nc1CN1CCN(c2ccccc2)CC1. The first-order valence-corrected chi connectivity index (χ1v) is 12.1. The lowest BCUT2D eigenvalue weighted by Crippen LogP contribution is -2.46. The van der Waals surface area contributed by atoms with E-state index in [9.17, 15) is 4.79 Å². The van der Waals surface area contributed by atoms with Gasteiger partial charge in [-0.05, 0) is 56.2 Å². The molecular formula is C27H32N4O2. The summed E-state index contributed by atoms with van der Waals surface area (Å²) in [5.74, 6) is 1.49. The Labute approximate surface area is 195 Å². The zero-order valence-corrected chi connectivity index (χ0v) is 19.3. The van der Waals surface area contributed by atoms with Gasteiger partial charge in [0.25, 0.3) is 5.91 Å². The predicted octanol–water partition coefficient (Wildman–Crippen LogP) is 4.64. The Kier molecular flexibility index (Phi) is 6.44. The van der Waals surface area contributed by atoms with Gasteiger partial charge in [0, 0.05) is 55.6 Å². The summed E-state index contributed by atoms with van der Waals surface area (Å²) in [4.78, 5) is 22.1. The minimum absolute atomic E-state index is 0.00682. The van der Waals surface area contributed by atoms with Crippen molar-refractivity contribution in [2.24, 2.45) is 0 Å². The lowest BCUT2D eigenvalue weighted by Gasteiger charge is -2.35. The van der Waals surface area contributed by atoms with Crippen LogP contribution in [-0.2, 0) is 6.54 Å². The van der Waals surface area contributed by atoms with Gasteiger partial charge in [-0.2, -0.15) is 0 Å². The second kappa shape index (κ2) is 9.79. The van der Waals surface area contributed by atoms with Gasteiger partial charge in [-0.3, -0.25) is 9.69 Å². The Balaban J connectivity index is 1.19. The predicted molar refractivity (Wildman–Crippen MR) is 130 cm³/mol. The van der Waals surface area contributed by atoms with Crippen molar-refractivity contribution in [3.63, 3.8) is 0 Å². The Hall–Kier alpha value is -3.12. The molecule has 3 aromatic rings. The van der Waals surface area contributed by atoms with E-state index < -0.39 is 0 Å². The molecule has 33 heavy (non-hydrogen) atoms. The van der Waals surface area contributed by atoms with Gasteiger partial charge in [0.05, 0.1) is 5.69 Å². The fraction of sp³-hybridized carbons (Fsp3) is 0.407. The van der Waals surface area contributed by atoms with Crippen LogP contribution in [0.15, 0.2) is 59.0 Å². The molecule has 0 bridgehead atoms. The number of amides is 1. The first-order valence-electron chi connectivity index (χ1n) is 12.1. The lowest BCUT2D eigenvalue weighted by atomic mass is 10.1. The highest BCUT2D eigenvalue weighted by atomic mass is 16.4. The largest absolute Gasteiger partial charge is 0.441 e. The van der Waals surface area contributed by atoms with Gasteiger partial charge in [-0.1, -0.05) is 31.0 Å². The van der Waals surface area contributed by atoms with Crippen LogP contribution in [0.1, 0.15) is 47.5 Å². The molecule has 1 aliphatic heterocycles. The monoisotopic (exact) mass is 444 g/mol. The standard InChI is InChI=1S/C27H32N4O2/c1-20-25(19-30-15-17-31(18-16-30)24-9-3-2-4-10-24)29-27(33-20)22-13-11-21(12-14-22)26(32)28-23-7-5-6-8-23/h2-4,9-14,23H,5-8,15-19H2,1H3,(H,28,32). The van der Waals surface area contributed by atoms with Crippen LogP contribution >= 0.6 is 0 Å². The minimum Gasteiger partial charge on any atom is -0.441 e. The summed E-state index contributed by atoms with van der Waals surface area (Å²) in [5, 5.41) is 3.14. The van der Waals surface area contributed by atoms with Crippen LogP contribution in [0.3, 0.4) is 0 Å². The molecule has 6 nitrogen and oxygen atoms in total. The molecule has 0 unspecified atom stereocenters.